The average Bonchev–Trinajstić information content (AvgIpc) is 2.69. The van der Waals surface area contributed by atoms with Gasteiger partial charge >= 0.3 is 18.1 Å². The highest BCUT2D eigenvalue weighted by atomic mass is 28.4. The summed E-state index contributed by atoms with van der Waals surface area (Å²) in [5.41, 5.74) is 1.18. The number of esters is 2. The minimum Gasteiger partial charge on any atom is -0.458 e. The Morgan fingerprint density at radius 3 is 2.30 bits per heavy atom. The van der Waals surface area contributed by atoms with Crippen LogP contribution >= 0.6 is 0 Å². The average molecular weight is 485 g/mol. The molecule has 0 bridgehead atoms. The van der Waals surface area contributed by atoms with Crippen molar-refractivity contribution in [2.24, 2.45) is 0 Å². The van der Waals surface area contributed by atoms with Crippen LogP contribution in [0.15, 0.2) is 54.1 Å². The molecule has 1 aliphatic carbocycles. The highest BCUT2D eigenvalue weighted by Gasteiger charge is 2.45. The minimum atomic E-state index is -5.11. The molecule has 33 heavy (non-hydrogen) atoms. The molecule has 2 rings (SSSR count). The molecule has 2 atom stereocenters. The van der Waals surface area contributed by atoms with Crippen molar-refractivity contribution >= 4 is 20.3 Å². The van der Waals surface area contributed by atoms with Crippen molar-refractivity contribution in [3.8, 4) is 0 Å². The van der Waals surface area contributed by atoms with E-state index in [1.807, 2.05) is 13.1 Å². The van der Waals surface area contributed by atoms with Gasteiger partial charge in [0.15, 0.2) is 8.32 Å². The fourth-order valence-electron chi connectivity index (χ4n) is 3.14. The minimum absolute atomic E-state index is 0.0777. The van der Waals surface area contributed by atoms with E-state index in [-0.39, 0.29) is 23.6 Å². The molecule has 1 saturated carbocycles. The van der Waals surface area contributed by atoms with E-state index in [0.717, 1.165) is 0 Å². The van der Waals surface area contributed by atoms with E-state index in [4.69, 9.17) is 13.9 Å². The summed E-state index contributed by atoms with van der Waals surface area (Å²) in [5, 5.41) is -0.116. The summed E-state index contributed by atoms with van der Waals surface area (Å²) in [7, 11) is -2.25. The van der Waals surface area contributed by atoms with Gasteiger partial charge in [-0.25, -0.2) is 9.59 Å². The van der Waals surface area contributed by atoms with Crippen LogP contribution in [-0.4, -0.2) is 45.2 Å². The lowest BCUT2D eigenvalue weighted by Crippen LogP contribution is -2.46. The van der Waals surface area contributed by atoms with Crippen molar-refractivity contribution in [1.29, 1.82) is 0 Å². The predicted octanol–water partition coefficient (Wildman–Crippen LogP) is 5.98. The van der Waals surface area contributed by atoms with Crippen molar-refractivity contribution in [3.63, 3.8) is 0 Å². The number of carbonyl (C=O) groups excluding carboxylic acids is 2. The van der Waals surface area contributed by atoms with Crippen LogP contribution in [0.3, 0.4) is 0 Å². The van der Waals surface area contributed by atoms with Gasteiger partial charge in [0.05, 0.1) is 11.7 Å². The fourth-order valence-corrected chi connectivity index (χ4v) is 4.50. The molecule has 9 heteroatoms. The smallest absolute Gasteiger partial charge is 0.458 e. The van der Waals surface area contributed by atoms with Gasteiger partial charge < -0.3 is 13.9 Å². The molecule has 0 N–H and O–H groups in total. The number of hydrogen-bond donors (Lipinski definition) is 0. The Labute approximate surface area is 193 Å². The quantitative estimate of drug-likeness (QED) is 0.367. The number of carbonyl (C=O) groups is 2. The maximum Gasteiger partial charge on any atom is 0.490 e. The monoisotopic (exact) mass is 484 g/mol. The van der Waals surface area contributed by atoms with Crippen molar-refractivity contribution in [1.82, 2.24) is 0 Å². The Hall–Kier alpha value is -2.39. The molecular formula is C24H31F3O5Si. The first-order valence-electron chi connectivity index (χ1n) is 10.7. The van der Waals surface area contributed by atoms with Crippen molar-refractivity contribution in [2.45, 2.75) is 70.1 Å². The number of alkyl halides is 3. The summed E-state index contributed by atoms with van der Waals surface area (Å²) in [6.07, 6.45) is -4.72. The molecule has 0 heterocycles. The van der Waals surface area contributed by atoms with E-state index in [2.05, 4.69) is 27.4 Å². The third-order valence-corrected chi connectivity index (χ3v) is 10.6. The van der Waals surface area contributed by atoms with Gasteiger partial charge in [-0.2, -0.15) is 13.2 Å². The second-order valence-electron chi connectivity index (χ2n) is 9.55. The Bertz CT molecular complexity index is 901. The molecule has 0 spiro atoms. The van der Waals surface area contributed by atoms with E-state index in [1.54, 1.807) is 36.4 Å². The third kappa shape index (κ3) is 7.30. The molecule has 1 fully saturated rings. The number of rotatable bonds is 6. The van der Waals surface area contributed by atoms with Crippen LogP contribution in [0.25, 0.3) is 0 Å². The summed E-state index contributed by atoms with van der Waals surface area (Å²) in [6, 6.07) is 8.42. The van der Waals surface area contributed by atoms with Gasteiger partial charge in [-0.1, -0.05) is 45.5 Å². The molecule has 0 aliphatic heterocycles. The molecule has 1 aromatic rings. The summed E-state index contributed by atoms with van der Waals surface area (Å²) in [4.78, 5) is 23.7. The molecular weight excluding hydrogens is 453 g/mol. The SMILES string of the molecule is C=C1/C(=C/COC(=O)c2ccccc2)C[C@@H](O[Si](C)(C)C(C)(C)C)C[C@@H]1OC(=O)C(F)(F)F. The van der Waals surface area contributed by atoms with E-state index in [9.17, 15) is 22.8 Å². The highest BCUT2D eigenvalue weighted by molar-refractivity contribution is 6.74. The Kier molecular flexibility index (Phi) is 8.35. The highest BCUT2D eigenvalue weighted by Crippen LogP contribution is 2.41. The Morgan fingerprint density at radius 2 is 1.76 bits per heavy atom. The predicted molar refractivity (Wildman–Crippen MR) is 121 cm³/mol. The third-order valence-electron chi connectivity index (χ3n) is 6.03. The van der Waals surface area contributed by atoms with Crippen LogP contribution in [0.1, 0.15) is 44.0 Å². The summed E-state index contributed by atoms with van der Waals surface area (Å²) < 4.78 is 54.8. The van der Waals surface area contributed by atoms with Gasteiger partial charge in [0.25, 0.3) is 0 Å². The van der Waals surface area contributed by atoms with Crippen molar-refractivity contribution in [3.05, 3.63) is 59.7 Å². The normalized spacial score (nSPS) is 21.1. The van der Waals surface area contributed by atoms with Gasteiger partial charge in [-0.3, -0.25) is 0 Å². The molecule has 0 unspecified atom stereocenters. The lowest BCUT2D eigenvalue weighted by Gasteiger charge is -2.42. The maximum atomic E-state index is 12.8. The number of hydrogen-bond acceptors (Lipinski definition) is 5. The van der Waals surface area contributed by atoms with Gasteiger partial charge in [-0.15, -0.1) is 0 Å². The Balaban J connectivity index is 2.19. The van der Waals surface area contributed by atoms with Gasteiger partial charge in [0.2, 0.25) is 0 Å². The van der Waals surface area contributed by atoms with Crippen LogP contribution in [0.5, 0.6) is 0 Å². The lowest BCUT2D eigenvalue weighted by atomic mass is 9.86. The summed E-state index contributed by atoms with van der Waals surface area (Å²) in [6.45, 7) is 14.0. The molecule has 5 nitrogen and oxygen atoms in total. The first-order chi connectivity index (χ1) is 15.1. The molecule has 0 aromatic heterocycles. The van der Waals surface area contributed by atoms with Crippen LogP contribution < -0.4 is 0 Å². The van der Waals surface area contributed by atoms with Crippen molar-refractivity contribution in [2.75, 3.05) is 6.61 Å². The van der Waals surface area contributed by atoms with Gasteiger partial charge in [0.1, 0.15) is 12.7 Å². The zero-order valence-corrected chi connectivity index (χ0v) is 20.6. The first kappa shape index (κ1) is 26.9. The zero-order valence-electron chi connectivity index (χ0n) is 19.6. The van der Waals surface area contributed by atoms with Crippen LogP contribution in [-0.2, 0) is 18.7 Å². The fraction of sp³-hybridized carbons (Fsp3) is 0.500. The largest absolute Gasteiger partial charge is 0.490 e. The summed E-state index contributed by atoms with van der Waals surface area (Å²) >= 11 is 0. The number of ether oxygens (including phenoxy) is 2. The topological polar surface area (TPSA) is 61.8 Å². The molecule has 0 amide bonds. The van der Waals surface area contributed by atoms with Crippen LogP contribution in [0.4, 0.5) is 13.2 Å². The maximum absolute atomic E-state index is 12.8. The summed E-state index contributed by atoms with van der Waals surface area (Å²) in [5.74, 6) is -2.79. The Morgan fingerprint density at radius 1 is 1.15 bits per heavy atom. The van der Waals surface area contributed by atoms with E-state index < -0.39 is 38.6 Å². The number of halogens is 3. The zero-order chi connectivity index (χ0) is 25.0. The molecule has 0 radical (unpaired) electrons. The standard InChI is InChI=1S/C24H31F3O5Si/c1-16-18(12-13-30-21(28)17-10-8-7-9-11-17)14-19(32-33(5,6)23(2,3)4)15-20(16)31-22(29)24(25,26)27/h7-12,19-20H,1,13-15H2,2-6H3/b18-12+/t19-,20+/m1/s1. The van der Waals surface area contributed by atoms with Gasteiger partial charge in [-0.05, 0) is 53.9 Å². The first-order valence-corrected chi connectivity index (χ1v) is 13.6. The van der Waals surface area contributed by atoms with Gasteiger partial charge in [0, 0.05) is 6.42 Å². The van der Waals surface area contributed by atoms with Crippen molar-refractivity contribution < 1.29 is 36.7 Å². The lowest BCUT2D eigenvalue weighted by molar-refractivity contribution is -0.204. The van der Waals surface area contributed by atoms with E-state index in [1.165, 1.54) is 0 Å². The molecule has 182 valence electrons. The van der Waals surface area contributed by atoms with Crippen LogP contribution in [0, 0.1) is 0 Å². The second-order valence-corrected chi connectivity index (χ2v) is 14.3. The van der Waals surface area contributed by atoms with E-state index in [0.29, 0.717) is 17.6 Å². The second kappa shape index (κ2) is 10.3. The molecule has 1 aliphatic rings. The number of benzene rings is 1. The van der Waals surface area contributed by atoms with E-state index >= 15 is 0 Å². The van der Waals surface area contributed by atoms with Crippen LogP contribution in [0.2, 0.25) is 18.1 Å². The molecule has 0 saturated heterocycles. The molecule has 1 aromatic carbocycles.